The van der Waals surface area contributed by atoms with E-state index in [2.05, 4.69) is 12.6 Å². The second kappa shape index (κ2) is 4.72. The van der Waals surface area contributed by atoms with Crippen LogP contribution in [-0.2, 0) is 9.53 Å². The monoisotopic (exact) mass is 191 g/mol. The fourth-order valence-corrected chi connectivity index (χ4v) is 0.601. The fourth-order valence-electron chi connectivity index (χ4n) is 0.472. The number of hydrogen-bond donors (Lipinski definition) is 2. The Balaban J connectivity index is 3.88. The third-order valence-electron chi connectivity index (χ3n) is 1.34. The molecule has 3 nitrogen and oxygen atoms in total. The first kappa shape index (κ1) is 11.8. The summed E-state index contributed by atoms with van der Waals surface area (Å²) in [6.45, 7) is 5.98. The molecule has 0 aromatic heterocycles. The second-order valence-corrected chi connectivity index (χ2v) is 3.88. The highest BCUT2D eigenvalue weighted by atomic mass is 32.1. The third kappa shape index (κ3) is 3.97. The molecule has 0 bridgehead atoms. The number of thiol groups is 1. The van der Waals surface area contributed by atoms with Crippen LogP contribution in [0.5, 0.6) is 0 Å². The summed E-state index contributed by atoms with van der Waals surface area (Å²) in [5.41, 5.74) is 4.63. The molecule has 12 heavy (non-hydrogen) atoms. The van der Waals surface area contributed by atoms with E-state index in [0.717, 1.165) is 0 Å². The van der Waals surface area contributed by atoms with E-state index in [4.69, 9.17) is 10.5 Å². The average Bonchev–Trinajstić information content (AvgIpc) is 2.00. The first-order valence-electron chi connectivity index (χ1n) is 3.97. The number of nitrogens with two attached hydrogens (primary N) is 1. The van der Waals surface area contributed by atoms with Crippen molar-refractivity contribution in [1.82, 2.24) is 0 Å². The smallest absolute Gasteiger partial charge is 0.326 e. The molecule has 2 N–H and O–H groups in total. The Morgan fingerprint density at radius 2 is 2.17 bits per heavy atom. The van der Waals surface area contributed by atoms with Crippen LogP contribution in [-0.4, -0.2) is 23.9 Å². The molecule has 0 radical (unpaired) electrons. The van der Waals surface area contributed by atoms with Crippen molar-refractivity contribution in [2.24, 2.45) is 11.7 Å². The Bertz CT molecular complexity index is 157. The topological polar surface area (TPSA) is 52.3 Å². The van der Waals surface area contributed by atoms with Gasteiger partial charge in [0.15, 0.2) is 0 Å². The highest BCUT2D eigenvalue weighted by Crippen LogP contribution is 2.05. The van der Waals surface area contributed by atoms with Gasteiger partial charge in [-0.05, 0) is 12.8 Å². The van der Waals surface area contributed by atoms with Crippen molar-refractivity contribution >= 4 is 18.6 Å². The summed E-state index contributed by atoms with van der Waals surface area (Å²) in [5, 5.41) is 0. The van der Waals surface area contributed by atoms with Crippen LogP contribution in [0.4, 0.5) is 0 Å². The molecule has 72 valence electrons. The molecule has 4 heteroatoms. The van der Waals surface area contributed by atoms with E-state index >= 15 is 0 Å². The van der Waals surface area contributed by atoms with Gasteiger partial charge >= 0.3 is 5.97 Å². The molecular formula is C8H17NO2S. The maximum absolute atomic E-state index is 11.2. The van der Waals surface area contributed by atoms with E-state index in [9.17, 15) is 4.79 Å². The summed E-state index contributed by atoms with van der Waals surface area (Å²) >= 11 is 3.96. The van der Waals surface area contributed by atoms with Crippen LogP contribution in [0, 0.1) is 5.92 Å². The summed E-state index contributed by atoms with van der Waals surface area (Å²) in [5.74, 6) is 0.250. The Labute approximate surface area is 79.1 Å². The molecule has 0 aromatic carbocycles. The number of esters is 1. The largest absolute Gasteiger partial charge is 0.464 e. The lowest BCUT2D eigenvalue weighted by Gasteiger charge is -2.20. The van der Waals surface area contributed by atoms with E-state index in [1.807, 2.05) is 13.8 Å². The highest BCUT2D eigenvalue weighted by molar-refractivity contribution is 7.80. The van der Waals surface area contributed by atoms with Crippen LogP contribution in [0.3, 0.4) is 0 Å². The fraction of sp³-hybridized carbons (Fsp3) is 0.875. The number of ether oxygens (including phenoxy) is 1. The van der Waals surface area contributed by atoms with E-state index in [0.29, 0.717) is 18.3 Å². The van der Waals surface area contributed by atoms with Gasteiger partial charge in [0.2, 0.25) is 0 Å². The van der Waals surface area contributed by atoms with E-state index < -0.39 is 5.54 Å². The van der Waals surface area contributed by atoms with Crippen LogP contribution in [0.25, 0.3) is 0 Å². The van der Waals surface area contributed by atoms with Gasteiger partial charge in [0.1, 0.15) is 5.54 Å². The minimum Gasteiger partial charge on any atom is -0.464 e. The Kier molecular flexibility index (Phi) is 4.63. The van der Waals surface area contributed by atoms with Crippen molar-refractivity contribution in [2.45, 2.75) is 26.3 Å². The second-order valence-electron chi connectivity index (χ2n) is 3.57. The van der Waals surface area contributed by atoms with Crippen molar-refractivity contribution in [3.05, 3.63) is 0 Å². The summed E-state index contributed by atoms with van der Waals surface area (Å²) in [6, 6.07) is 0. The molecule has 0 saturated heterocycles. The lowest BCUT2D eigenvalue weighted by atomic mass is 10.1. The predicted octanol–water partition coefficient (Wildman–Crippen LogP) is 0.833. The van der Waals surface area contributed by atoms with Crippen molar-refractivity contribution in [3.63, 3.8) is 0 Å². The van der Waals surface area contributed by atoms with Gasteiger partial charge in [-0.1, -0.05) is 13.8 Å². The molecule has 0 saturated carbocycles. The normalized spacial score (nSPS) is 15.8. The number of carbonyl (C=O) groups is 1. The van der Waals surface area contributed by atoms with Gasteiger partial charge in [-0.3, -0.25) is 4.79 Å². The maximum atomic E-state index is 11.2. The molecule has 1 atom stereocenters. The van der Waals surface area contributed by atoms with Crippen LogP contribution in [0.2, 0.25) is 0 Å². The summed E-state index contributed by atoms with van der Waals surface area (Å²) in [4.78, 5) is 11.2. The molecule has 0 fully saturated rings. The molecular weight excluding hydrogens is 174 g/mol. The molecule has 0 unspecified atom stereocenters. The van der Waals surface area contributed by atoms with Gasteiger partial charge in [-0.2, -0.15) is 12.6 Å². The van der Waals surface area contributed by atoms with Crippen LogP contribution >= 0.6 is 12.6 Å². The van der Waals surface area contributed by atoms with Gasteiger partial charge in [0, 0.05) is 5.75 Å². The van der Waals surface area contributed by atoms with Crippen molar-refractivity contribution in [3.8, 4) is 0 Å². The van der Waals surface area contributed by atoms with E-state index in [1.165, 1.54) is 0 Å². The zero-order chi connectivity index (χ0) is 9.78. The Morgan fingerprint density at radius 3 is 2.50 bits per heavy atom. The van der Waals surface area contributed by atoms with E-state index in [1.54, 1.807) is 6.92 Å². The van der Waals surface area contributed by atoms with E-state index in [-0.39, 0.29) is 5.97 Å². The first-order chi connectivity index (χ1) is 5.40. The first-order valence-corrected chi connectivity index (χ1v) is 4.60. The molecule has 0 heterocycles. The highest BCUT2D eigenvalue weighted by Gasteiger charge is 2.28. The quantitative estimate of drug-likeness (QED) is 0.511. The van der Waals surface area contributed by atoms with Gasteiger partial charge in [0.05, 0.1) is 6.61 Å². The maximum Gasteiger partial charge on any atom is 0.326 e. The predicted molar refractivity (Wildman–Crippen MR) is 52.2 cm³/mol. The molecule has 0 spiro atoms. The molecule has 0 aliphatic heterocycles. The van der Waals surface area contributed by atoms with Crippen LogP contribution < -0.4 is 5.73 Å². The average molecular weight is 191 g/mol. The summed E-state index contributed by atoms with van der Waals surface area (Å²) < 4.78 is 4.95. The summed E-state index contributed by atoms with van der Waals surface area (Å²) in [6.07, 6.45) is 0. The Hall–Kier alpha value is -0.220. The molecule has 0 aliphatic rings. The molecule has 0 aromatic rings. The Morgan fingerprint density at radius 1 is 1.67 bits per heavy atom. The van der Waals surface area contributed by atoms with Gasteiger partial charge < -0.3 is 10.5 Å². The SMILES string of the molecule is CC(C)COC(=O)[C@](C)(N)CS. The van der Waals surface area contributed by atoms with Crippen molar-refractivity contribution in [1.29, 1.82) is 0 Å². The lowest BCUT2D eigenvalue weighted by Crippen LogP contribution is -2.48. The molecule has 0 rings (SSSR count). The lowest BCUT2D eigenvalue weighted by molar-refractivity contribution is -0.149. The van der Waals surface area contributed by atoms with Crippen molar-refractivity contribution < 1.29 is 9.53 Å². The number of carbonyl (C=O) groups excluding carboxylic acids is 1. The third-order valence-corrected chi connectivity index (χ3v) is 2.00. The minimum absolute atomic E-state index is 0.296. The zero-order valence-electron chi connectivity index (χ0n) is 7.83. The summed E-state index contributed by atoms with van der Waals surface area (Å²) in [7, 11) is 0. The zero-order valence-corrected chi connectivity index (χ0v) is 8.73. The van der Waals surface area contributed by atoms with Crippen molar-refractivity contribution in [2.75, 3.05) is 12.4 Å². The standard InChI is InChI=1S/C8H17NO2S/c1-6(2)4-11-7(10)8(3,9)5-12/h6,12H,4-5,9H2,1-3H3/t8-/m1/s1. The minimum atomic E-state index is -0.960. The molecule has 0 aliphatic carbocycles. The van der Waals surface area contributed by atoms with Gasteiger partial charge in [-0.15, -0.1) is 0 Å². The van der Waals surface area contributed by atoms with Crippen LogP contribution in [0.1, 0.15) is 20.8 Å². The number of rotatable bonds is 4. The van der Waals surface area contributed by atoms with Gasteiger partial charge in [0.25, 0.3) is 0 Å². The number of hydrogen-bond acceptors (Lipinski definition) is 4. The van der Waals surface area contributed by atoms with Crippen LogP contribution in [0.15, 0.2) is 0 Å². The molecule has 0 amide bonds. The van der Waals surface area contributed by atoms with Gasteiger partial charge in [-0.25, -0.2) is 0 Å².